The standard InChI is InChI=1S/C20H19ClFN3OS/c1-2-11-27-19-23-13-24-25(19)12-20(14-7-9-15(22)10-8-14)18(26-20)16-5-3-4-6-17(16)21/h3-10,13,18H,2,11-12H2,1H3/t18-,20+/m0/s1. The van der Waals surface area contributed by atoms with Gasteiger partial charge in [0.1, 0.15) is 23.8 Å². The molecule has 0 unspecified atom stereocenters. The Labute approximate surface area is 166 Å². The fourth-order valence-electron chi connectivity index (χ4n) is 3.23. The third kappa shape index (κ3) is 3.61. The summed E-state index contributed by atoms with van der Waals surface area (Å²) in [6.45, 7) is 2.62. The maximum atomic E-state index is 13.5. The van der Waals surface area contributed by atoms with Gasteiger partial charge < -0.3 is 4.74 Å². The van der Waals surface area contributed by atoms with Crippen LogP contribution in [-0.4, -0.2) is 20.5 Å². The number of hydrogen-bond donors (Lipinski definition) is 0. The molecule has 4 rings (SSSR count). The first-order valence-corrected chi connectivity index (χ1v) is 10.2. The lowest BCUT2D eigenvalue weighted by atomic mass is 9.91. The van der Waals surface area contributed by atoms with E-state index in [-0.39, 0.29) is 11.9 Å². The van der Waals surface area contributed by atoms with Crippen molar-refractivity contribution in [2.45, 2.75) is 36.8 Å². The summed E-state index contributed by atoms with van der Waals surface area (Å²) >= 11 is 8.07. The average Bonchev–Trinajstić information content (AvgIpc) is 3.22. The third-order valence-electron chi connectivity index (χ3n) is 4.61. The van der Waals surface area contributed by atoms with E-state index >= 15 is 0 Å². The summed E-state index contributed by atoms with van der Waals surface area (Å²) in [4.78, 5) is 4.36. The van der Waals surface area contributed by atoms with Crippen LogP contribution >= 0.6 is 23.4 Å². The monoisotopic (exact) mass is 403 g/mol. The second-order valence-electron chi connectivity index (χ2n) is 6.46. The highest BCUT2D eigenvalue weighted by atomic mass is 35.5. The zero-order chi connectivity index (χ0) is 18.9. The minimum absolute atomic E-state index is 0.218. The molecule has 7 heteroatoms. The number of nitrogens with zero attached hydrogens (tertiary/aromatic N) is 3. The van der Waals surface area contributed by atoms with E-state index in [4.69, 9.17) is 16.3 Å². The first-order chi connectivity index (χ1) is 13.1. The van der Waals surface area contributed by atoms with Crippen molar-refractivity contribution in [3.63, 3.8) is 0 Å². The van der Waals surface area contributed by atoms with Crippen LogP contribution in [0, 0.1) is 5.82 Å². The molecule has 0 saturated carbocycles. The van der Waals surface area contributed by atoms with E-state index < -0.39 is 5.60 Å². The molecule has 1 saturated heterocycles. The van der Waals surface area contributed by atoms with Gasteiger partial charge in [0.25, 0.3) is 0 Å². The smallest absolute Gasteiger partial charge is 0.186 e. The number of hydrogen-bond acceptors (Lipinski definition) is 4. The van der Waals surface area contributed by atoms with Gasteiger partial charge >= 0.3 is 0 Å². The molecule has 0 aliphatic carbocycles. The number of halogens is 2. The fraction of sp³-hybridized carbons (Fsp3) is 0.300. The van der Waals surface area contributed by atoms with Gasteiger partial charge in [-0.2, -0.15) is 5.10 Å². The molecule has 0 spiro atoms. The molecule has 0 bridgehead atoms. The van der Waals surface area contributed by atoms with Gasteiger partial charge in [-0.25, -0.2) is 14.1 Å². The van der Waals surface area contributed by atoms with Crippen LogP contribution in [0.3, 0.4) is 0 Å². The van der Waals surface area contributed by atoms with Crippen molar-refractivity contribution in [3.8, 4) is 0 Å². The summed E-state index contributed by atoms with van der Waals surface area (Å²) in [5.74, 6) is 0.695. The van der Waals surface area contributed by atoms with E-state index in [1.807, 2.05) is 28.9 Å². The van der Waals surface area contributed by atoms with Gasteiger partial charge in [-0.05, 0) is 30.2 Å². The summed E-state index contributed by atoms with van der Waals surface area (Å²) in [7, 11) is 0. The summed E-state index contributed by atoms with van der Waals surface area (Å²) in [6, 6.07) is 14.1. The Morgan fingerprint density at radius 3 is 2.74 bits per heavy atom. The number of benzene rings is 2. The lowest BCUT2D eigenvalue weighted by Crippen LogP contribution is -2.20. The Kier molecular flexibility index (Phi) is 5.21. The van der Waals surface area contributed by atoms with Crippen molar-refractivity contribution < 1.29 is 9.13 Å². The first kappa shape index (κ1) is 18.5. The van der Waals surface area contributed by atoms with Gasteiger partial charge in [0, 0.05) is 16.3 Å². The van der Waals surface area contributed by atoms with Gasteiger partial charge in [0.15, 0.2) is 5.16 Å². The SMILES string of the molecule is CCCSc1ncnn1C[C@]1(c2ccc(F)cc2)O[C@H]1c1ccccc1Cl. The highest BCUT2D eigenvalue weighted by Crippen LogP contribution is 2.59. The highest BCUT2D eigenvalue weighted by Gasteiger charge is 2.59. The minimum Gasteiger partial charge on any atom is -0.354 e. The number of thioether (sulfide) groups is 1. The quantitative estimate of drug-likeness (QED) is 0.399. The van der Waals surface area contributed by atoms with Crippen molar-refractivity contribution in [3.05, 3.63) is 76.8 Å². The van der Waals surface area contributed by atoms with Crippen LogP contribution in [0.1, 0.15) is 30.6 Å². The van der Waals surface area contributed by atoms with Crippen molar-refractivity contribution in [1.82, 2.24) is 14.8 Å². The Bertz CT molecular complexity index is 933. The molecule has 0 N–H and O–H groups in total. The molecule has 2 aromatic carbocycles. The Hall–Kier alpha value is -1.89. The lowest BCUT2D eigenvalue weighted by molar-refractivity contribution is 0.256. The van der Waals surface area contributed by atoms with E-state index in [0.29, 0.717) is 11.6 Å². The summed E-state index contributed by atoms with van der Waals surface area (Å²) in [5, 5.41) is 5.90. The molecule has 4 nitrogen and oxygen atoms in total. The number of epoxide rings is 1. The van der Waals surface area contributed by atoms with Crippen molar-refractivity contribution in [1.29, 1.82) is 0 Å². The minimum atomic E-state index is -0.645. The van der Waals surface area contributed by atoms with Crippen LogP contribution in [-0.2, 0) is 16.9 Å². The molecule has 0 amide bonds. The van der Waals surface area contributed by atoms with E-state index in [9.17, 15) is 4.39 Å². The second-order valence-corrected chi connectivity index (χ2v) is 7.93. The molecule has 1 aromatic heterocycles. The topological polar surface area (TPSA) is 43.2 Å². The van der Waals surface area contributed by atoms with Gasteiger partial charge in [0.2, 0.25) is 0 Å². The van der Waals surface area contributed by atoms with E-state index in [1.165, 1.54) is 12.1 Å². The zero-order valence-electron chi connectivity index (χ0n) is 14.8. The van der Waals surface area contributed by atoms with Gasteiger partial charge in [-0.15, -0.1) is 0 Å². The normalized spacial score (nSPS) is 21.4. The zero-order valence-corrected chi connectivity index (χ0v) is 16.4. The molecule has 2 heterocycles. The largest absolute Gasteiger partial charge is 0.354 e. The van der Waals surface area contributed by atoms with E-state index in [1.54, 1.807) is 30.2 Å². The summed E-state index contributed by atoms with van der Waals surface area (Å²) in [5.41, 5.74) is 1.18. The number of rotatable bonds is 7. The summed E-state index contributed by atoms with van der Waals surface area (Å²) in [6.07, 6.45) is 2.40. The highest BCUT2D eigenvalue weighted by molar-refractivity contribution is 7.99. The molecule has 1 fully saturated rings. The Morgan fingerprint density at radius 1 is 1.22 bits per heavy atom. The van der Waals surface area contributed by atoms with Gasteiger partial charge in [-0.1, -0.05) is 60.6 Å². The fourth-order valence-corrected chi connectivity index (χ4v) is 4.24. The maximum absolute atomic E-state index is 13.5. The lowest BCUT2D eigenvalue weighted by Gasteiger charge is -2.16. The molecule has 1 aliphatic rings. The third-order valence-corrected chi connectivity index (χ3v) is 6.15. The Balaban J connectivity index is 1.70. The van der Waals surface area contributed by atoms with Gasteiger partial charge in [0.05, 0.1) is 6.54 Å². The van der Waals surface area contributed by atoms with Crippen molar-refractivity contribution in [2.24, 2.45) is 0 Å². The molecule has 27 heavy (non-hydrogen) atoms. The molecule has 0 radical (unpaired) electrons. The second kappa shape index (κ2) is 7.62. The van der Waals surface area contributed by atoms with Gasteiger partial charge in [-0.3, -0.25) is 0 Å². The first-order valence-electron chi connectivity index (χ1n) is 8.83. The van der Waals surface area contributed by atoms with Crippen LogP contribution < -0.4 is 0 Å². The van der Waals surface area contributed by atoms with Crippen molar-refractivity contribution in [2.75, 3.05) is 5.75 Å². The predicted molar refractivity (Wildman–Crippen MR) is 104 cm³/mol. The summed E-state index contributed by atoms with van der Waals surface area (Å²) < 4.78 is 21.6. The number of ether oxygens (including phenoxy) is 1. The van der Waals surface area contributed by atoms with Crippen LogP contribution in [0.15, 0.2) is 60.0 Å². The maximum Gasteiger partial charge on any atom is 0.186 e. The predicted octanol–water partition coefficient (Wildman–Crippen LogP) is 5.24. The molecule has 2 atom stereocenters. The molecule has 1 aliphatic heterocycles. The Morgan fingerprint density at radius 2 is 2.00 bits per heavy atom. The van der Waals surface area contributed by atoms with Crippen LogP contribution in [0.5, 0.6) is 0 Å². The average molecular weight is 404 g/mol. The molecule has 140 valence electrons. The van der Waals surface area contributed by atoms with E-state index in [0.717, 1.165) is 28.5 Å². The molecule has 3 aromatic rings. The molecular weight excluding hydrogens is 385 g/mol. The molecular formula is C20H19ClFN3OS. The van der Waals surface area contributed by atoms with Crippen LogP contribution in [0.2, 0.25) is 5.02 Å². The number of aromatic nitrogens is 3. The van der Waals surface area contributed by atoms with E-state index in [2.05, 4.69) is 17.0 Å². The van der Waals surface area contributed by atoms with Crippen molar-refractivity contribution >= 4 is 23.4 Å². The van der Waals surface area contributed by atoms with Crippen LogP contribution in [0.25, 0.3) is 0 Å². The van der Waals surface area contributed by atoms with Crippen LogP contribution in [0.4, 0.5) is 4.39 Å².